The van der Waals surface area contributed by atoms with Crippen molar-refractivity contribution in [2.24, 2.45) is 0 Å². The Kier molecular flexibility index (Phi) is 3.48. The van der Waals surface area contributed by atoms with Crippen LogP contribution >= 0.6 is 0 Å². The van der Waals surface area contributed by atoms with E-state index in [0.717, 1.165) is 11.1 Å². The summed E-state index contributed by atoms with van der Waals surface area (Å²) in [4.78, 5) is 12.5. The number of anilines is 1. The summed E-state index contributed by atoms with van der Waals surface area (Å²) in [6.07, 6.45) is 3.04. The van der Waals surface area contributed by atoms with Crippen LogP contribution in [0.4, 0.5) is 5.82 Å². The lowest BCUT2D eigenvalue weighted by molar-refractivity contribution is 0.494. The standard InChI is InChI=1S/C15H13N5O/c1-10(9-19-14-12(8-16)17-6-7-18-14)15-20-11-4-2-3-5-13(11)21-15/h2-7,10H,9H2,1H3,(H,18,19)/t10-/m0/s1. The summed E-state index contributed by atoms with van der Waals surface area (Å²) < 4.78 is 5.72. The minimum atomic E-state index is 0.0472. The Balaban J connectivity index is 1.74. The predicted molar refractivity (Wildman–Crippen MR) is 77.7 cm³/mol. The Bertz CT molecular complexity index is 772. The van der Waals surface area contributed by atoms with Crippen LogP contribution in [0.2, 0.25) is 0 Å². The van der Waals surface area contributed by atoms with Crippen LogP contribution in [-0.2, 0) is 0 Å². The highest BCUT2D eigenvalue weighted by Crippen LogP contribution is 2.21. The van der Waals surface area contributed by atoms with Gasteiger partial charge in [0.15, 0.2) is 23.0 Å². The van der Waals surface area contributed by atoms with Crippen molar-refractivity contribution in [3.63, 3.8) is 0 Å². The molecular weight excluding hydrogens is 266 g/mol. The molecule has 21 heavy (non-hydrogen) atoms. The topological polar surface area (TPSA) is 87.6 Å². The summed E-state index contributed by atoms with van der Waals surface area (Å²) in [5, 5.41) is 12.1. The Morgan fingerprint density at radius 2 is 2.10 bits per heavy atom. The van der Waals surface area contributed by atoms with E-state index in [9.17, 15) is 0 Å². The van der Waals surface area contributed by atoms with E-state index in [1.807, 2.05) is 37.3 Å². The molecule has 0 radical (unpaired) electrons. The first-order chi connectivity index (χ1) is 10.3. The quantitative estimate of drug-likeness (QED) is 0.790. The normalized spacial score (nSPS) is 12.0. The van der Waals surface area contributed by atoms with Crippen molar-refractivity contribution >= 4 is 16.9 Å². The Labute approximate surface area is 121 Å². The molecule has 0 aliphatic carbocycles. The Morgan fingerprint density at radius 3 is 2.90 bits per heavy atom. The smallest absolute Gasteiger partial charge is 0.200 e. The third-order valence-corrected chi connectivity index (χ3v) is 3.11. The number of hydrogen-bond acceptors (Lipinski definition) is 6. The van der Waals surface area contributed by atoms with Crippen LogP contribution in [0.1, 0.15) is 24.4 Å². The number of hydrogen-bond donors (Lipinski definition) is 1. The molecule has 0 spiro atoms. The molecule has 0 amide bonds. The van der Waals surface area contributed by atoms with E-state index in [4.69, 9.17) is 9.68 Å². The first-order valence-corrected chi connectivity index (χ1v) is 6.58. The fourth-order valence-electron chi connectivity index (χ4n) is 1.99. The van der Waals surface area contributed by atoms with Gasteiger partial charge in [-0.05, 0) is 12.1 Å². The van der Waals surface area contributed by atoms with E-state index in [1.165, 1.54) is 6.20 Å². The molecule has 104 valence electrons. The molecule has 0 fully saturated rings. The van der Waals surface area contributed by atoms with E-state index in [2.05, 4.69) is 20.3 Å². The Morgan fingerprint density at radius 1 is 1.29 bits per heavy atom. The maximum Gasteiger partial charge on any atom is 0.200 e. The lowest BCUT2D eigenvalue weighted by atomic mass is 10.2. The molecule has 2 heterocycles. The highest BCUT2D eigenvalue weighted by atomic mass is 16.3. The van der Waals surface area contributed by atoms with E-state index in [0.29, 0.717) is 18.3 Å². The van der Waals surface area contributed by atoms with Crippen LogP contribution in [0, 0.1) is 11.3 Å². The number of nitrogens with one attached hydrogen (secondary N) is 1. The molecule has 1 aromatic carbocycles. The van der Waals surface area contributed by atoms with Gasteiger partial charge in [0.1, 0.15) is 11.6 Å². The minimum Gasteiger partial charge on any atom is -0.440 e. The van der Waals surface area contributed by atoms with Crippen LogP contribution in [0.15, 0.2) is 41.1 Å². The van der Waals surface area contributed by atoms with Crippen LogP contribution in [-0.4, -0.2) is 21.5 Å². The number of para-hydroxylation sites is 2. The fraction of sp³-hybridized carbons (Fsp3) is 0.200. The summed E-state index contributed by atoms with van der Waals surface area (Å²) in [7, 11) is 0. The average Bonchev–Trinajstić information content (AvgIpc) is 2.97. The maximum absolute atomic E-state index is 8.97. The van der Waals surface area contributed by atoms with Crippen LogP contribution in [0.3, 0.4) is 0 Å². The SMILES string of the molecule is C[C@@H](CNc1nccnc1C#N)c1nc2ccccc2o1. The van der Waals surface area contributed by atoms with E-state index < -0.39 is 0 Å². The second-order valence-corrected chi connectivity index (χ2v) is 4.67. The van der Waals surface area contributed by atoms with Crippen molar-refractivity contribution in [1.29, 1.82) is 5.26 Å². The van der Waals surface area contributed by atoms with Gasteiger partial charge in [0, 0.05) is 18.9 Å². The third kappa shape index (κ3) is 2.67. The highest BCUT2D eigenvalue weighted by molar-refractivity contribution is 5.72. The van der Waals surface area contributed by atoms with Gasteiger partial charge < -0.3 is 9.73 Å². The minimum absolute atomic E-state index is 0.0472. The molecule has 3 rings (SSSR count). The summed E-state index contributed by atoms with van der Waals surface area (Å²) >= 11 is 0. The van der Waals surface area contributed by atoms with Crippen LogP contribution in [0.25, 0.3) is 11.1 Å². The van der Waals surface area contributed by atoms with Crippen molar-refractivity contribution in [3.05, 3.63) is 48.2 Å². The highest BCUT2D eigenvalue weighted by Gasteiger charge is 2.14. The summed E-state index contributed by atoms with van der Waals surface area (Å²) in [6, 6.07) is 9.65. The summed E-state index contributed by atoms with van der Waals surface area (Å²) in [6.45, 7) is 2.56. The number of fused-ring (bicyclic) bond motifs is 1. The van der Waals surface area contributed by atoms with Crippen molar-refractivity contribution < 1.29 is 4.42 Å². The largest absolute Gasteiger partial charge is 0.440 e. The summed E-state index contributed by atoms with van der Waals surface area (Å²) in [5.41, 5.74) is 1.90. The molecule has 0 aliphatic rings. The van der Waals surface area contributed by atoms with Gasteiger partial charge in [-0.1, -0.05) is 19.1 Å². The number of nitrogens with zero attached hydrogens (tertiary/aromatic N) is 4. The molecule has 3 aromatic rings. The Hall–Kier alpha value is -2.94. The maximum atomic E-state index is 8.97. The van der Waals surface area contributed by atoms with Crippen molar-refractivity contribution in [3.8, 4) is 6.07 Å². The zero-order valence-electron chi connectivity index (χ0n) is 11.4. The zero-order valence-corrected chi connectivity index (χ0v) is 11.4. The van der Waals surface area contributed by atoms with E-state index in [-0.39, 0.29) is 11.6 Å². The van der Waals surface area contributed by atoms with Gasteiger partial charge in [-0.25, -0.2) is 15.0 Å². The van der Waals surface area contributed by atoms with Crippen molar-refractivity contribution in [1.82, 2.24) is 15.0 Å². The number of rotatable bonds is 4. The predicted octanol–water partition coefficient (Wildman–Crippen LogP) is 2.71. The molecule has 1 N–H and O–H groups in total. The first-order valence-electron chi connectivity index (χ1n) is 6.58. The fourth-order valence-corrected chi connectivity index (χ4v) is 1.99. The lowest BCUT2D eigenvalue weighted by Gasteiger charge is -2.09. The van der Waals surface area contributed by atoms with Crippen molar-refractivity contribution in [2.45, 2.75) is 12.8 Å². The van der Waals surface area contributed by atoms with Gasteiger partial charge in [-0.3, -0.25) is 0 Å². The summed E-state index contributed by atoms with van der Waals surface area (Å²) in [5.74, 6) is 1.18. The van der Waals surface area contributed by atoms with Gasteiger partial charge in [0.25, 0.3) is 0 Å². The molecule has 0 bridgehead atoms. The molecule has 0 saturated heterocycles. The van der Waals surface area contributed by atoms with Gasteiger partial charge in [-0.2, -0.15) is 5.26 Å². The van der Waals surface area contributed by atoms with Crippen LogP contribution in [0.5, 0.6) is 0 Å². The third-order valence-electron chi connectivity index (χ3n) is 3.11. The van der Waals surface area contributed by atoms with Gasteiger partial charge in [0.2, 0.25) is 0 Å². The molecule has 0 unspecified atom stereocenters. The molecule has 2 aromatic heterocycles. The second kappa shape index (κ2) is 5.59. The number of aromatic nitrogens is 3. The lowest BCUT2D eigenvalue weighted by Crippen LogP contribution is -2.12. The monoisotopic (exact) mass is 279 g/mol. The van der Waals surface area contributed by atoms with E-state index >= 15 is 0 Å². The molecule has 6 heteroatoms. The molecule has 1 atom stereocenters. The number of benzene rings is 1. The zero-order chi connectivity index (χ0) is 14.7. The van der Waals surface area contributed by atoms with Gasteiger partial charge in [0.05, 0.1) is 5.92 Å². The van der Waals surface area contributed by atoms with E-state index in [1.54, 1.807) is 6.20 Å². The average molecular weight is 279 g/mol. The number of nitriles is 1. The molecule has 0 aliphatic heterocycles. The van der Waals surface area contributed by atoms with Crippen LogP contribution < -0.4 is 5.32 Å². The molecule has 6 nitrogen and oxygen atoms in total. The second-order valence-electron chi connectivity index (χ2n) is 4.67. The molecular formula is C15H13N5O. The van der Waals surface area contributed by atoms with Gasteiger partial charge >= 0.3 is 0 Å². The first kappa shape index (κ1) is 13.1. The van der Waals surface area contributed by atoms with Crippen molar-refractivity contribution in [2.75, 3.05) is 11.9 Å². The number of oxazole rings is 1. The van der Waals surface area contributed by atoms with Gasteiger partial charge in [-0.15, -0.1) is 0 Å². The molecule has 0 saturated carbocycles.